The minimum atomic E-state index is -4.09. The first kappa shape index (κ1) is 15.3. The Hall–Kier alpha value is -1.74. The number of nitrogens with two attached hydrogens (primary N) is 1. The molecule has 0 fully saturated rings. The average Bonchev–Trinajstić information content (AvgIpc) is 2.36. The van der Waals surface area contributed by atoms with E-state index in [1.807, 2.05) is 0 Å². The molecular formula is C10H15FN4O3S. The molecule has 9 heteroatoms. The molecule has 0 atom stereocenters. The lowest BCUT2D eigenvalue weighted by Gasteiger charge is -2.22. The van der Waals surface area contributed by atoms with Crippen molar-refractivity contribution in [3.05, 3.63) is 24.1 Å². The second kappa shape index (κ2) is 5.49. The van der Waals surface area contributed by atoms with Gasteiger partial charge in [-0.2, -0.15) is 0 Å². The number of hydrogen-bond acceptors (Lipinski definition) is 5. The molecule has 0 radical (unpaired) electrons. The lowest BCUT2D eigenvalue weighted by atomic mass is 9.93. The Bertz CT molecular complexity index is 586. The number of amidine groups is 1. The summed E-state index contributed by atoms with van der Waals surface area (Å²) in [4.78, 5) is 3.48. The lowest BCUT2D eigenvalue weighted by Crippen LogP contribution is -2.42. The third-order valence-corrected chi connectivity index (χ3v) is 3.82. The smallest absolute Gasteiger partial charge is 0.261 e. The molecule has 7 nitrogen and oxygen atoms in total. The summed E-state index contributed by atoms with van der Waals surface area (Å²) in [5, 5.41) is 10.7. The largest absolute Gasteiger partial charge is 0.409 e. The van der Waals surface area contributed by atoms with Crippen LogP contribution in [0, 0.1) is 11.2 Å². The van der Waals surface area contributed by atoms with E-state index in [2.05, 4.69) is 14.9 Å². The van der Waals surface area contributed by atoms with Crippen LogP contribution in [0.1, 0.15) is 13.8 Å². The van der Waals surface area contributed by atoms with Crippen molar-refractivity contribution in [2.45, 2.75) is 18.9 Å². The first-order chi connectivity index (χ1) is 8.70. The molecule has 0 bridgehead atoms. The van der Waals surface area contributed by atoms with Gasteiger partial charge in [-0.25, -0.2) is 22.5 Å². The van der Waals surface area contributed by atoms with Crippen LogP contribution in [0.3, 0.4) is 0 Å². The van der Waals surface area contributed by atoms with Gasteiger partial charge in [0.15, 0.2) is 5.82 Å². The second-order valence-corrected chi connectivity index (χ2v) is 6.17. The van der Waals surface area contributed by atoms with Crippen LogP contribution in [0.15, 0.2) is 28.5 Å². The van der Waals surface area contributed by atoms with Crippen molar-refractivity contribution in [2.24, 2.45) is 16.3 Å². The van der Waals surface area contributed by atoms with Gasteiger partial charge in [-0.15, -0.1) is 0 Å². The van der Waals surface area contributed by atoms with Gasteiger partial charge in [-0.1, -0.05) is 19.0 Å². The molecular weight excluding hydrogens is 275 g/mol. The average molecular weight is 290 g/mol. The maximum Gasteiger partial charge on any atom is 0.261 e. The summed E-state index contributed by atoms with van der Waals surface area (Å²) in [5.41, 5.74) is 4.50. The second-order valence-electron chi connectivity index (χ2n) is 4.48. The van der Waals surface area contributed by atoms with E-state index in [0.29, 0.717) is 0 Å². The Balaban J connectivity index is 2.92. The zero-order chi connectivity index (χ0) is 14.7. The molecule has 0 spiro atoms. The van der Waals surface area contributed by atoms with Gasteiger partial charge in [0.25, 0.3) is 10.0 Å². The van der Waals surface area contributed by atoms with Crippen molar-refractivity contribution >= 4 is 15.9 Å². The molecule has 0 aliphatic rings. The third kappa shape index (κ3) is 3.61. The van der Waals surface area contributed by atoms with Crippen LogP contribution >= 0.6 is 0 Å². The molecule has 1 aromatic heterocycles. The topological polar surface area (TPSA) is 118 Å². The summed E-state index contributed by atoms with van der Waals surface area (Å²) < 4.78 is 39.2. The van der Waals surface area contributed by atoms with Gasteiger partial charge in [0.05, 0.1) is 0 Å². The number of nitrogens with zero attached hydrogens (tertiary/aromatic N) is 2. The molecule has 106 valence electrons. The Morgan fingerprint density at radius 1 is 1.63 bits per heavy atom. The van der Waals surface area contributed by atoms with Crippen LogP contribution in [0.2, 0.25) is 0 Å². The number of oxime groups is 1. The third-order valence-electron chi connectivity index (χ3n) is 2.48. The number of rotatable bonds is 5. The van der Waals surface area contributed by atoms with Crippen molar-refractivity contribution in [3.63, 3.8) is 0 Å². The molecule has 1 heterocycles. The fourth-order valence-corrected chi connectivity index (χ4v) is 2.35. The predicted octanol–water partition coefficient (Wildman–Crippen LogP) is 0.272. The number of sulfonamides is 1. The first-order valence-corrected chi connectivity index (χ1v) is 6.77. The monoisotopic (exact) mass is 290 g/mol. The Kier molecular flexibility index (Phi) is 4.43. The lowest BCUT2D eigenvalue weighted by molar-refractivity contribution is 0.307. The minimum Gasteiger partial charge on any atom is -0.409 e. The normalized spacial score (nSPS) is 13.5. The number of hydrogen-bond donors (Lipinski definition) is 3. The first-order valence-electron chi connectivity index (χ1n) is 5.29. The van der Waals surface area contributed by atoms with E-state index in [0.717, 1.165) is 6.07 Å². The number of halogens is 1. The number of nitrogens with one attached hydrogen (secondary N) is 1. The van der Waals surface area contributed by atoms with E-state index in [4.69, 9.17) is 10.9 Å². The Morgan fingerprint density at radius 2 is 2.26 bits per heavy atom. The van der Waals surface area contributed by atoms with Gasteiger partial charge < -0.3 is 10.9 Å². The summed E-state index contributed by atoms with van der Waals surface area (Å²) in [7, 11) is -4.09. The van der Waals surface area contributed by atoms with Crippen LogP contribution in [-0.4, -0.2) is 31.0 Å². The van der Waals surface area contributed by atoms with E-state index in [1.165, 1.54) is 12.3 Å². The quantitative estimate of drug-likeness (QED) is 0.311. The highest BCUT2D eigenvalue weighted by Crippen LogP contribution is 2.16. The van der Waals surface area contributed by atoms with Crippen molar-refractivity contribution in [1.29, 1.82) is 0 Å². The summed E-state index contributed by atoms with van der Waals surface area (Å²) in [5.74, 6) is -1.09. The molecule has 19 heavy (non-hydrogen) atoms. The summed E-state index contributed by atoms with van der Waals surface area (Å²) >= 11 is 0. The Labute approximate surface area is 110 Å². The molecule has 0 saturated heterocycles. The van der Waals surface area contributed by atoms with Gasteiger partial charge >= 0.3 is 0 Å². The van der Waals surface area contributed by atoms with E-state index in [-0.39, 0.29) is 12.4 Å². The standard InChI is InChI=1S/C10H15FN4O3S/c1-10(2,9(12)15-16)6-14-19(17,18)8-7(11)4-3-5-13-8/h3-5,14,16H,6H2,1-2H3,(H2,12,15). The molecule has 0 aliphatic heterocycles. The van der Waals surface area contributed by atoms with E-state index in [9.17, 15) is 12.8 Å². The highest BCUT2D eigenvalue weighted by molar-refractivity contribution is 7.89. The molecule has 0 unspecified atom stereocenters. The summed E-state index contributed by atoms with van der Waals surface area (Å²) in [6.07, 6.45) is 1.17. The summed E-state index contributed by atoms with van der Waals surface area (Å²) in [6, 6.07) is 2.28. The SMILES string of the molecule is CC(C)(CNS(=O)(=O)c1ncccc1F)/C(N)=N/O. The van der Waals surface area contributed by atoms with Gasteiger partial charge in [-0.05, 0) is 12.1 Å². The number of pyridine rings is 1. The van der Waals surface area contributed by atoms with Crippen LogP contribution < -0.4 is 10.5 Å². The zero-order valence-corrected chi connectivity index (χ0v) is 11.3. The molecule has 0 aromatic carbocycles. The number of aromatic nitrogens is 1. The highest BCUT2D eigenvalue weighted by atomic mass is 32.2. The van der Waals surface area contributed by atoms with Crippen molar-refractivity contribution in [3.8, 4) is 0 Å². The molecule has 0 amide bonds. The molecule has 0 saturated carbocycles. The van der Waals surface area contributed by atoms with E-state index < -0.39 is 26.3 Å². The maximum absolute atomic E-state index is 13.4. The van der Waals surface area contributed by atoms with Gasteiger partial charge in [0.2, 0.25) is 5.03 Å². The Morgan fingerprint density at radius 3 is 2.79 bits per heavy atom. The molecule has 0 aliphatic carbocycles. The minimum absolute atomic E-state index is 0.142. The van der Waals surface area contributed by atoms with Crippen LogP contribution in [-0.2, 0) is 10.0 Å². The zero-order valence-electron chi connectivity index (χ0n) is 10.5. The summed E-state index contributed by atoms with van der Waals surface area (Å²) in [6.45, 7) is 2.97. The van der Waals surface area contributed by atoms with Gasteiger partial charge in [0.1, 0.15) is 5.84 Å². The maximum atomic E-state index is 13.4. The predicted molar refractivity (Wildman–Crippen MR) is 66.6 cm³/mol. The van der Waals surface area contributed by atoms with Crippen LogP contribution in [0.5, 0.6) is 0 Å². The van der Waals surface area contributed by atoms with Crippen molar-refractivity contribution in [1.82, 2.24) is 9.71 Å². The van der Waals surface area contributed by atoms with E-state index in [1.54, 1.807) is 13.8 Å². The molecule has 4 N–H and O–H groups in total. The van der Waals surface area contributed by atoms with Crippen molar-refractivity contribution < 1.29 is 18.0 Å². The fraction of sp³-hybridized carbons (Fsp3) is 0.400. The van der Waals surface area contributed by atoms with Crippen molar-refractivity contribution in [2.75, 3.05) is 6.54 Å². The van der Waals surface area contributed by atoms with Crippen LogP contribution in [0.4, 0.5) is 4.39 Å². The molecule has 1 aromatic rings. The van der Waals surface area contributed by atoms with Gasteiger partial charge in [0, 0.05) is 18.2 Å². The molecule has 1 rings (SSSR count). The van der Waals surface area contributed by atoms with Crippen LogP contribution in [0.25, 0.3) is 0 Å². The highest BCUT2D eigenvalue weighted by Gasteiger charge is 2.28. The van der Waals surface area contributed by atoms with E-state index >= 15 is 0 Å². The van der Waals surface area contributed by atoms with Gasteiger partial charge in [-0.3, -0.25) is 0 Å². The fourth-order valence-electron chi connectivity index (χ4n) is 1.14.